The van der Waals surface area contributed by atoms with E-state index < -0.39 is 17.7 Å². The zero-order valence-electron chi connectivity index (χ0n) is 24.3. The van der Waals surface area contributed by atoms with Crippen LogP contribution in [0.4, 0.5) is 0 Å². The van der Waals surface area contributed by atoms with Crippen molar-refractivity contribution in [1.82, 2.24) is 9.97 Å². The molecule has 208 valence electrons. The zero-order chi connectivity index (χ0) is 29.1. The van der Waals surface area contributed by atoms with Crippen molar-refractivity contribution in [3.8, 4) is 28.1 Å². The standard InChI is InChI=1S/C35H34N2O4/c1-19-8-7-9-20(2)28(19)25-12-10-23-26(37-25)18-21(3)29(33(34(38)39)41-35(4,5)6)31(23)24-11-13-27-30-22(15-17-40-27)14-16-36-32(24)30/h7-14,16,18,33H,15,17H2,1-6H3,(H,38,39)/t33-/m0/s1. The quantitative estimate of drug-likeness (QED) is 0.241. The number of hydrogen-bond acceptors (Lipinski definition) is 5. The molecule has 0 amide bonds. The van der Waals surface area contributed by atoms with Gasteiger partial charge in [0.05, 0.1) is 28.9 Å². The second kappa shape index (κ2) is 9.96. The van der Waals surface area contributed by atoms with Gasteiger partial charge in [0.2, 0.25) is 0 Å². The molecule has 1 N–H and O–H groups in total. The Bertz CT molecular complexity index is 1820. The van der Waals surface area contributed by atoms with Gasteiger partial charge in [0.15, 0.2) is 6.10 Å². The molecule has 5 aromatic rings. The second-order valence-electron chi connectivity index (χ2n) is 11.9. The Morgan fingerprint density at radius 1 is 0.976 bits per heavy atom. The van der Waals surface area contributed by atoms with Crippen LogP contribution in [0.15, 0.2) is 60.8 Å². The van der Waals surface area contributed by atoms with Crippen molar-refractivity contribution in [2.45, 2.75) is 59.7 Å². The molecule has 6 rings (SSSR count). The van der Waals surface area contributed by atoms with Crippen LogP contribution < -0.4 is 4.74 Å². The number of carboxylic acid groups (broad SMARTS) is 1. The fourth-order valence-electron chi connectivity index (χ4n) is 6.10. The average molecular weight is 547 g/mol. The molecule has 1 atom stereocenters. The summed E-state index contributed by atoms with van der Waals surface area (Å²) >= 11 is 0. The number of rotatable bonds is 5. The summed E-state index contributed by atoms with van der Waals surface area (Å²) in [4.78, 5) is 22.8. The van der Waals surface area contributed by atoms with Crippen LogP contribution in [0.1, 0.15) is 54.7 Å². The van der Waals surface area contributed by atoms with Crippen LogP contribution in [-0.4, -0.2) is 33.3 Å². The van der Waals surface area contributed by atoms with Gasteiger partial charge in [-0.05, 0) is 99.7 Å². The van der Waals surface area contributed by atoms with Gasteiger partial charge in [-0.3, -0.25) is 4.98 Å². The maximum Gasteiger partial charge on any atom is 0.337 e. The largest absolute Gasteiger partial charge is 0.493 e. The second-order valence-corrected chi connectivity index (χ2v) is 11.9. The third kappa shape index (κ3) is 4.72. The number of hydrogen-bond donors (Lipinski definition) is 1. The molecule has 2 aromatic heterocycles. The van der Waals surface area contributed by atoms with E-state index in [4.69, 9.17) is 19.4 Å². The summed E-state index contributed by atoms with van der Waals surface area (Å²) < 4.78 is 12.2. The van der Waals surface area contributed by atoms with E-state index in [1.807, 2.05) is 64.2 Å². The highest BCUT2D eigenvalue weighted by atomic mass is 16.5. The van der Waals surface area contributed by atoms with Crippen LogP contribution in [0.3, 0.4) is 0 Å². The summed E-state index contributed by atoms with van der Waals surface area (Å²) in [7, 11) is 0. The van der Waals surface area contributed by atoms with Crippen molar-refractivity contribution >= 4 is 27.8 Å². The van der Waals surface area contributed by atoms with Crippen LogP contribution in [-0.2, 0) is 16.0 Å². The lowest BCUT2D eigenvalue weighted by Crippen LogP contribution is -2.28. The number of carbonyl (C=O) groups is 1. The van der Waals surface area contributed by atoms with Crippen molar-refractivity contribution in [2.75, 3.05) is 6.61 Å². The predicted octanol–water partition coefficient (Wildman–Crippen LogP) is 7.92. The lowest BCUT2D eigenvalue weighted by molar-refractivity contribution is -0.160. The Kier molecular flexibility index (Phi) is 6.54. The van der Waals surface area contributed by atoms with Crippen LogP contribution in [0.5, 0.6) is 5.75 Å². The summed E-state index contributed by atoms with van der Waals surface area (Å²) in [5.41, 5.74) is 9.39. The smallest absolute Gasteiger partial charge is 0.337 e. The molecule has 1 aliphatic rings. The third-order valence-corrected chi connectivity index (χ3v) is 7.78. The van der Waals surface area contributed by atoms with Crippen molar-refractivity contribution < 1.29 is 19.4 Å². The van der Waals surface area contributed by atoms with E-state index in [-0.39, 0.29) is 0 Å². The molecule has 0 fully saturated rings. The Morgan fingerprint density at radius 2 is 1.73 bits per heavy atom. The van der Waals surface area contributed by atoms with Crippen LogP contribution >= 0.6 is 0 Å². The van der Waals surface area contributed by atoms with Gasteiger partial charge in [0.1, 0.15) is 5.75 Å². The average Bonchev–Trinajstić information content (AvgIpc) is 2.91. The molecule has 0 radical (unpaired) electrons. The van der Waals surface area contributed by atoms with E-state index in [2.05, 4.69) is 38.1 Å². The number of benzene rings is 3. The number of aliphatic carboxylic acids is 1. The van der Waals surface area contributed by atoms with Crippen molar-refractivity contribution in [1.29, 1.82) is 0 Å². The van der Waals surface area contributed by atoms with Crippen molar-refractivity contribution in [3.63, 3.8) is 0 Å². The van der Waals surface area contributed by atoms with Crippen LogP contribution in [0, 0.1) is 20.8 Å². The predicted molar refractivity (Wildman–Crippen MR) is 163 cm³/mol. The number of fused-ring (bicyclic) bond motifs is 1. The minimum atomic E-state index is -1.19. The normalized spacial score (nSPS) is 13.8. The minimum Gasteiger partial charge on any atom is -0.493 e. The molecule has 6 heteroatoms. The van der Waals surface area contributed by atoms with Gasteiger partial charge in [0, 0.05) is 40.1 Å². The van der Waals surface area contributed by atoms with E-state index in [1.165, 1.54) is 5.56 Å². The van der Waals surface area contributed by atoms with Gasteiger partial charge in [-0.1, -0.05) is 24.3 Å². The molecule has 0 spiro atoms. The Balaban J connectivity index is 1.71. The Morgan fingerprint density at radius 3 is 2.44 bits per heavy atom. The number of ether oxygens (including phenoxy) is 2. The minimum absolute atomic E-state index is 0.612. The van der Waals surface area contributed by atoms with Gasteiger partial charge < -0.3 is 14.6 Å². The van der Waals surface area contributed by atoms with Gasteiger partial charge in [-0.15, -0.1) is 0 Å². The summed E-state index contributed by atoms with van der Waals surface area (Å²) in [5, 5.41) is 12.3. The third-order valence-electron chi connectivity index (χ3n) is 7.78. The van der Waals surface area contributed by atoms with E-state index in [0.29, 0.717) is 12.2 Å². The van der Waals surface area contributed by atoms with Gasteiger partial charge in [0.25, 0.3) is 0 Å². The van der Waals surface area contributed by atoms with E-state index >= 15 is 0 Å². The molecular formula is C35H34N2O4. The van der Waals surface area contributed by atoms with Crippen molar-refractivity contribution in [3.05, 3.63) is 88.6 Å². The van der Waals surface area contributed by atoms with E-state index in [1.54, 1.807) is 0 Å². The fraction of sp³-hybridized carbons (Fsp3) is 0.286. The molecule has 6 nitrogen and oxygen atoms in total. The lowest BCUT2D eigenvalue weighted by atomic mass is 9.86. The maximum absolute atomic E-state index is 12.8. The summed E-state index contributed by atoms with van der Waals surface area (Å²) in [5.74, 6) is -0.240. The van der Waals surface area contributed by atoms with Crippen LogP contribution in [0.2, 0.25) is 0 Å². The first-order chi connectivity index (χ1) is 19.5. The molecule has 0 aliphatic carbocycles. The Labute approximate surface area is 240 Å². The van der Waals surface area contributed by atoms with Crippen molar-refractivity contribution in [2.24, 2.45) is 0 Å². The van der Waals surface area contributed by atoms with Gasteiger partial charge >= 0.3 is 5.97 Å². The molecule has 1 aliphatic heterocycles. The first kappa shape index (κ1) is 26.9. The first-order valence-corrected chi connectivity index (χ1v) is 14.0. The summed E-state index contributed by atoms with van der Waals surface area (Å²) in [6, 6.07) is 18.3. The molecule has 0 unspecified atom stereocenters. The Hall–Kier alpha value is -4.29. The molecular weight excluding hydrogens is 512 g/mol. The molecule has 0 bridgehead atoms. The first-order valence-electron chi connectivity index (χ1n) is 14.0. The number of pyridine rings is 2. The highest BCUT2D eigenvalue weighted by Crippen LogP contribution is 2.45. The number of aryl methyl sites for hydroxylation is 3. The fourth-order valence-corrected chi connectivity index (χ4v) is 6.10. The maximum atomic E-state index is 12.8. The highest BCUT2D eigenvalue weighted by Gasteiger charge is 2.33. The SMILES string of the molecule is Cc1cccc(C)c1-c1ccc2c(-c3ccc4c5c(ccnc35)CCO4)c([C@H](OC(C)(C)C)C(=O)O)c(C)cc2n1. The monoisotopic (exact) mass is 546 g/mol. The molecule has 41 heavy (non-hydrogen) atoms. The summed E-state index contributed by atoms with van der Waals surface area (Å²) in [6.45, 7) is 12.4. The number of nitrogens with zero attached hydrogens (tertiary/aromatic N) is 2. The zero-order valence-corrected chi connectivity index (χ0v) is 24.3. The van der Waals surface area contributed by atoms with E-state index in [9.17, 15) is 9.90 Å². The van der Waals surface area contributed by atoms with Gasteiger partial charge in [-0.25, -0.2) is 9.78 Å². The highest BCUT2D eigenvalue weighted by molar-refractivity contribution is 6.08. The molecule has 0 saturated carbocycles. The van der Waals surface area contributed by atoms with Crippen LogP contribution in [0.25, 0.3) is 44.2 Å². The number of aromatic nitrogens is 2. The summed E-state index contributed by atoms with van der Waals surface area (Å²) in [6.07, 6.45) is 1.43. The topological polar surface area (TPSA) is 81.5 Å². The van der Waals surface area contributed by atoms with Gasteiger partial charge in [-0.2, -0.15) is 0 Å². The molecule has 3 aromatic carbocycles. The molecule has 3 heterocycles. The molecule has 0 saturated heterocycles. The van der Waals surface area contributed by atoms with E-state index in [0.717, 1.165) is 73.1 Å². The number of carboxylic acids is 1. The lowest BCUT2D eigenvalue weighted by Gasteiger charge is -2.29.